The zero-order chi connectivity index (χ0) is 19.4. The molecule has 8 nitrogen and oxygen atoms in total. The second-order valence-electron chi connectivity index (χ2n) is 7.62. The highest BCUT2D eigenvalue weighted by molar-refractivity contribution is 5.76. The molecular weight excluding hydrogens is 350 g/mol. The fourth-order valence-corrected chi connectivity index (χ4v) is 3.48. The minimum Gasteiger partial charge on any atom is -0.392 e. The first-order chi connectivity index (χ1) is 12.8. The zero-order valence-electron chi connectivity index (χ0n) is 16.1. The third-order valence-corrected chi connectivity index (χ3v) is 4.65. The summed E-state index contributed by atoms with van der Waals surface area (Å²) in [5, 5.41) is 15.4. The molecule has 0 unspecified atom stereocenters. The van der Waals surface area contributed by atoms with Crippen LogP contribution >= 0.6 is 0 Å². The molecule has 0 saturated carbocycles. The van der Waals surface area contributed by atoms with Gasteiger partial charge >= 0.3 is 0 Å². The molecule has 150 valence electrons. The molecule has 0 bridgehead atoms. The van der Waals surface area contributed by atoms with Crippen molar-refractivity contribution in [3.63, 3.8) is 0 Å². The van der Waals surface area contributed by atoms with Crippen molar-refractivity contribution >= 4 is 5.91 Å². The summed E-state index contributed by atoms with van der Waals surface area (Å²) in [7, 11) is 0. The van der Waals surface area contributed by atoms with Gasteiger partial charge in [-0.3, -0.25) is 9.78 Å². The van der Waals surface area contributed by atoms with Gasteiger partial charge in [0, 0.05) is 32.0 Å². The van der Waals surface area contributed by atoms with Crippen molar-refractivity contribution in [2.75, 3.05) is 13.1 Å². The van der Waals surface area contributed by atoms with E-state index in [0.717, 1.165) is 5.56 Å². The number of nitrogens with zero attached hydrogens (tertiary/aromatic N) is 1. The molecule has 1 aromatic heterocycles. The van der Waals surface area contributed by atoms with E-state index in [1.165, 1.54) is 0 Å². The van der Waals surface area contributed by atoms with Crippen molar-refractivity contribution in [2.45, 2.75) is 70.0 Å². The standard InChI is InChI=1S/C19H29N3O5/c1-12(23)9-22-16(24)8-14-17-18(27-19(2,3)26-17)15(25-14)11-21-10-13-4-6-20-7-5-13/h4-7,12,14-15,17-18,21,23H,8-11H2,1-3H3,(H,22,24)/t12-,14-,15+,17+,18-/m1/s1. The van der Waals surface area contributed by atoms with Gasteiger partial charge in [0.1, 0.15) is 12.2 Å². The fraction of sp³-hybridized carbons (Fsp3) is 0.684. The van der Waals surface area contributed by atoms with E-state index in [0.29, 0.717) is 13.1 Å². The van der Waals surface area contributed by atoms with Gasteiger partial charge in [-0.05, 0) is 38.5 Å². The largest absolute Gasteiger partial charge is 0.392 e. The number of aromatic nitrogens is 1. The molecule has 1 amide bonds. The van der Waals surface area contributed by atoms with E-state index in [1.54, 1.807) is 19.3 Å². The third-order valence-electron chi connectivity index (χ3n) is 4.65. The first-order valence-corrected chi connectivity index (χ1v) is 9.39. The SMILES string of the molecule is C[C@@H](O)CNC(=O)C[C@H]1O[C@@H](CNCc2ccncc2)[C@H]2OC(C)(C)O[C@H]21. The average Bonchev–Trinajstić information content (AvgIpc) is 3.08. The molecular formula is C19H29N3O5. The third kappa shape index (κ3) is 5.46. The van der Waals surface area contributed by atoms with Crippen LogP contribution in [0.25, 0.3) is 0 Å². The van der Waals surface area contributed by atoms with Crippen LogP contribution in [0.15, 0.2) is 24.5 Å². The van der Waals surface area contributed by atoms with E-state index in [2.05, 4.69) is 15.6 Å². The lowest BCUT2D eigenvalue weighted by molar-refractivity contribution is -0.187. The predicted octanol–water partition coefficient (Wildman–Crippen LogP) is 0.346. The summed E-state index contributed by atoms with van der Waals surface area (Å²) in [6.45, 7) is 6.88. The molecule has 2 fully saturated rings. The van der Waals surface area contributed by atoms with Gasteiger partial charge < -0.3 is 30.0 Å². The number of ether oxygens (including phenoxy) is 3. The van der Waals surface area contributed by atoms with Gasteiger partial charge in [-0.25, -0.2) is 0 Å². The minimum atomic E-state index is -0.698. The maximum absolute atomic E-state index is 12.1. The highest BCUT2D eigenvalue weighted by Crippen LogP contribution is 2.39. The van der Waals surface area contributed by atoms with E-state index < -0.39 is 11.9 Å². The lowest BCUT2D eigenvalue weighted by atomic mass is 10.1. The second-order valence-corrected chi connectivity index (χ2v) is 7.62. The normalized spacial score (nSPS) is 30.1. The van der Waals surface area contributed by atoms with Crippen LogP contribution in [0.1, 0.15) is 32.8 Å². The highest BCUT2D eigenvalue weighted by Gasteiger charge is 2.55. The van der Waals surface area contributed by atoms with Crippen LogP contribution in [-0.4, -0.2) is 65.4 Å². The molecule has 1 aromatic rings. The molecule has 3 N–H and O–H groups in total. The minimum absolute atomic E-state index is 0.168. The Morgan fingerprint density at radius 2 is 1.93 bits per heavy atom. The molecule has 3 heterocycles. The van der Waals surface area contributed by atoms with E-state index in [-0.39, 0.29) is 43.3 Å². The fourth-order valence-electron chi connectivity index (χ4n) is 3.48. The maximum Gasteiger partial charge on any atom is 0.222 e. The molecule has 27 heavy (non-hydrogen) atoms. The Labute approximate surface area is 159 Å². The van der Waals surface area contributed by atoms with Crippen molar-refractivity contribution in [3.05, 3.63) is 30.1 Å². The van der Waals surface area contributed by atoms with Crippen LogP contribution in [0.3, 0.4) is 0 Å². The van der Waals surface area contributed by atoms with Crippen LogP contribution in [-0.2, 0) is 25.5 Å². The highest BCUT2D eigenvalue weighted by atomic mass is 16.8. The molecule has 0 radical (unpaired) electrons. The molecule has 2 aliphatic heterocycles. The molecule has 2 saturated heterocycles. The maximum atomic E-state index is 12.1. The summed E-state index contributed by atoms with van der Waals surface area (Å²) < 4.78 is 18.1. The molecule has 3 rings (SSSR count). The average molecular weight is 379 g/mol. The number of nitrogens with one attached hydrogen (secondary N) is 2. The number of hydrogen-bond donors (Lipinski definition) is 3. The van der Waals surface area contributed by atoms with Crippen molar-refractivity contribution in [1.29, 1.82) is 0 Å². The van der Waals surface area contributed by atoms with E-state index in [9.17, 15) is 9.90 Å². The van der Waals surface area contributed by atoms with Crippen molar-refractivity contribution in [3.8, 4) is 0 Å². The smallest absolute Gasteiger partial charge is 0.222 e. The van der Waals surface area contributed by atoms with Gasteiger partial charge in [0.05, 0.1) is 24.7 Å². The number of carbonyl (C=O) groups is 1. The van der Waals surface area contributed by atoms with Crippen LogP contribution < -0.4 is 10.6 Å². The van der Waals surface area contributed by atoms with E-state index in [4.69, 9.17) is 14.2 Å². The molecule has 0 aliphatic carbocycles. The Bertz CT molecular complexity index is 625. The first kappa shape index (κ1) is 20.2. The van der Waals surface area contributed by atoms with Gasteiger partial charge in [-0.15, -0.1) is 0 Å². The number of amides is 1. The lowest BCUT2D eigenvalue weighted by Crippen LogP contribution is -2.37. The Hall–Kier alpha value is -1.58. The number of fused-ring (bicyclic) bond motifs is 1. The molecule has 8 heteroatoms. The van der Waals surface area contributed by atoms with Gasteiger partial charge in [-0.2, -0.15) is 0 Å². The van der Waals surface area contributed by atoms with Crippen molar-refractivity contribution in [2.24, 2.45) is 0 Å². The van der Waals surface area contributed by atoms with E-state index >= 15 is 0 Å². The summed E-state index contributed by atoms with van der Waals surface area (Å²) in [5.41, 5.74) is 1.14. The number of hydrogen-bond acceptors (Lipinski definition) is 7. The lowest BCUT2D eigenvalue weighted by Gasteiger charge is -2.24. The Morgan fingerprint density at radius 3 is 2.59 bits per heavy atom. The molecule has 2 aliphatic rings. The Balaban J connectivity index is 1.55. The monoisotopic (exact) mass is 379 g/mol. The summed E-state index contributed by atoms with van der Waals surface area (Å²) in [5.74, 6) is -0.866. The van der Waals surface area contributed by atoms with Crippen LogP contribution in [0.4, 0.5) is 0 Å². The van der Waals surface area contributed by atoms with Gasteiger partial charge in [-0.1, -0.05) is 0 Å². The van der Waals surface area contributed by atoms with Gasteiger partial charge in [0.25, 0.3) is 0 Å². The zero-order valence-corrected chi connectivity index (χ0v) is 16.1. The number of aliphatic hydroxyl groups excluding tert-OH is 1. The van der Waals surface area contributed by atoms with Crippen LogP contribution in [0, 0.1) is 0 Å². The first-order valence-electron chi connectivity index (χ1n) is 9.39. The number of rotatable bonds is 8. The molecule has 5 atom stereocenters. The summed E-state index contributed by atoms with van der Waals surface area (Å²) in [6.07, 6.45) is 2.03. The van der Waals surface area contributed by atoms with Crippen LogP contribution in [0.5, 0.6) is 0 Å². The van der Waals surface area contributed by atoms with Gasteiger partial charge in [0.2, 0.25) is 5.91 Å². The summed E-state index contributed by atoms with van der Waals surface area (Å²) >= 11 is 0. The summed E-state index contributed by atoms with van der Waals surface area (Å²) in [6, 6.07) is 3.91. The van der Waals surface area contributed by atoms with Crippen molar-refractivity contribution in [1.82, 2.24) is 15.6 Å². The number of pyridine rings is 1. The molecule has 0 spiro atoms. The number of aliphatic hydroxyl groups is 1. The number of carbonyl (C=O) groups excluding carboxylic acids is 1. The van der Waals surface area contributed by atoms with Gasteiger partial charge in [0.15, 0.2) is 5.79 Å². The topological polar surface area (TPSA) is 102 Å². The Morgan fingerprint density at radius 1 is 1.26 bits per heavy atom. The van der Waals surface area contributed by atoms with Crippen LogP contribution in [0.2, 0.25) is 0 Å². The second kappa shape index (κ2) is 8.62. The summed E-state index contributed by atoms with van der Waals surface area (Å²) in [4.78, 5) is 16.2. The molecule has 0 aromatic carbocycles. The Kier molecular flexibility index (Phi) is 6.44. The predicted molar refractivity (Wildman–Crippen MR) is 97.7 cm³/mol. The van der Waals surface area contributed by atoms with Crippen molar-refractivity contribution < 1.29 is 24.1 Å². The van der Waals surface area contributed by atoms with E-state index in [1.807, 2.05) is 26.0 Å². The quantitative estimate of drug-likeness (QED) is 0.599.